The van der Waals surface area contributed by atoms with E-state index in [2.05, 4.69) is 67.8 Å². The maximum absolute atomic E-state index is 12.8. The molecule has 0 aromatic carbocycles. The van der Waals surface area contributed by atoms with E-state index in [4.69, 9.17) is 9.05 Å². The van der Waals surface area contributed by atoms with Crippen molar-refractivity contribution in [1.29, 1.82) is 0 Å². The predicted octanol–water partition coefficient (Wildman–Crippen LogP) is 14.3. The monoisotopic (exact) mass is 891 g/mol. The van der Waals surface area contributed by atoms with Crippen molar-refractivity contribution in [3.05, 3.63) is 60.8 Å². The Kier molecular flexibility index (Phi) is 43.1. The second-order valence-electron chi connectivity index (χ2n) is 18.5. The number of amides is 1. The Morgan fingerprint density at radius 3 is 1.29 bits per heavy atom. The fourth-order valence-electron chi connectivity index (χ4n) is 7.28. The zero-order valence-corrected chi connectivity index (χ0v) is 42.0. The summed E-state index contributed by atoms with van der Waals surface area (Å²) in [5.41, 5.74) is 0. The van der Waals surface area contributed by atoms with E-state index in [0.717, 1.165) is 44.9 Å². The summed E-state index contributed by atoms with van der Waals surface area (Å²) >= 11 is 0. The third-order valence-electron chi connectivity index (χ3n) is 11.3. The molecule has 0 rings (SSSR count). The topological polar surface area (TPSA) is 108 Å². The second kappa shape index (κ2) is 44.4. The van der Waals surface area contributed by atoms with Crippen LogP contribution in [0.15, 0.2) is 60.8 Å². The first kappa shape index (κ1) is 60.2. The first-order valence-corrected chi connectivity index (χ1v) is 27.1. The van der Waals surface area contributed by atoms with Gasteiger partial charge in [-0.15, -0.1) is 0 Å². The molecule has 0 spiro atoms. The van der Waals surface area contributed by atoms with Gasteiger partial charge in [0.1, 0.15) is 13.2 Å². The number of quaternary nitrogens is 1. The zero-order valence-electron chi connectivity index (χ0n) is 41.1. The minimum Gasteiger partial charge on any atom is -0.756 e. The summed E-state index contributed by atoms with van der Waals surface area (Å²) in [4.78, 5) is 25.3. The van der Waals surface area contributed by atoms with Gasteiger partial charge in [0.2, 0.25) is 5.91 Å². The van der Waals surface area contributed by atoms with Crippen LogP contribution in [0.5, 0.6) is 0 Å². The smallest absolute Gasteiger partial charge is 0.268 e. The van der Waals surface area contributed by atoms with Crippen molar-refractivity contribution >= 4 is 13.7 Å². The first-order valence-electron chi connectivity index (χ1n) is 25.6. The molecule has 3 atom stereocenters. The van der Waals surface area contributed by atoms with Gasteiger partial charge in [-0.2, -0.15) is 0 Å². The van der Waals surface area contributed by atoms with Gasteiger partial charge in [-0.05, 0) is 38.5 Å². The quantitative estimate of drug-likeness (QED) is 0.0273. The van der Waals surface area contributed by atoms with E-state index in [-0.39, 0.29) is 25.5 Å². The van der Waals surface area contributed by atoms with Crippen molar-refractivity contribution in [1.82, 2.24) is 5.32 Å². The Hall–Kier alpha value is -1.80. The molecule has 9 heteroatoms. The van der Waals surface area contributed by atoms with Crippen molar-refractivity contribution < 1.29 is 32.9 Å². The molecule has 362 valence electrons. The van der Waals surface area contributed by atoms with E-state index in [1.54, 1.807) is 6.08 Å². The van der Waals surface area contributed by atoms with Crippen LogP contribution in [0.4, 0.5) is 0 Å². The van der Waals surface area contributed by atoms with Gasteiger partial charge in [-0.1, -0.05) is 235 Å². The number of likely N-dealkylation sites (N-methyl/N-ethyl adjacent to an activating group) is 1. The SMILES string of the molecule is CC/C=C\C/C=C\C/C=C\C/C=C\C/C=C\CC(=O)NC(COP(=O)([O-])OCC[N+](C)(C)C)C(O)CCCCCCCCCCCCCCCCCCCCCCCCCCC. The standard InChI is InChI=1S/C53H99N2O6P/c1-6-8-10-12-14-16-18-20-22-23-24-25-26-27-28-29-30-31-33-34-36-38-40-42-44-46-52(56)51(50-61-62(58,59)60-49-48-55(3,4)5)54-53(57)47-45-43-41-39-37-35-32-21-19-17-15-13-11-9-7-2/h9,11,15,17,21,32,37,39,43,45,51-52,56H,6-8,10,12-14,16,18-20,22-31,33-36,38,40-42,44,46-50H2,1-5H3,(H-,54,57,58,59)/b11-9-,17-15-,32-21-,39-37-,45-43-. The summed E-state index contributed by atoms with van der Waals surface area (Å²) < 4.78 is 23.3. The number of aliphatic hydroxyl groups excluding tert-OH is 1. The molecule has 0 aliphatic carbocycles. The molecule has 0 bridgehead atoms. The number of phosphoric acid groups is 1. The highest BCUT2D eigenvalue weighted by Crippen LogP contribution is 2.38. The molecule has 0 aromatic rings. The average molecular weight is 891 g/mol. The molecule has 8 nitrogen and oxygen atoms in total. The highest BCUT2D eigenvalue weighted by atomic mass is 31.2. The Balaban J connectivity index is 4.28. The molecule has 0 radical (unpaired) electrons. The first-order chi connectivity index (χ1) is 30.0. The maximum Gasteiger partial charge on any atom is 0.268 e. The second-order valence-corrected chi connectivity index (χ2v) is 19.9. The largest absolute Gasteiger partial charge is 0.756 e. The molecule has 2 N–H and O–H groups in total. The van der Waals surface area contributed by atoms with E-state index in [1.165, 1.54) is 141 Å². The normalized spacial score (nSPS) is 14.6. The number of nitrogens with zero attached hydrogens (tertiary/aromatic N) is 1. The fourth-order valence-corrected chi connectivity index (χ4v) is 8.01. The van der Waals surface area contributed by atoms with E-state index in [0.29, 0.717) is 23.9 Å². The number of phosphoric ester groups is 1. The molecule has 0 aliphatic heterocycles. The van der Waals surface area contributed by atoms with Crippen LogP contribution < -0.4 is 10.2 Å². The Morgan fingerprint density at radius 1 is 0.565 bits per heavy atom. The number of aliphatic hydroxyl groups is 1. The van der Waals surface area contributed by atoms with Crippen LogP contribution in [-0.4, -0.2) is 68.5 Å². The van der Waals surface area contributed by atoms with Gasteiger partial charge in [0.05, 0.1) is 39.9 Å². The number of carbonyl (C=O) groups excluding carboxylic acids is 1. The van der Waals surface area contributed by atoms with Crippen LogP contribution in [0.25, 0.3) is 0 Å². The van der Waals surface area contributed by atoms with Crippen molar-refractivity contribution in [2.75, 3.05) is 40.9 Å². The molecular formula is C53H99N2O6P. The minimum absolute atomic E-state index is 0.00646. The summed E-state index contributed by atoms with van der Waals surface area (Å²) in [6, 6.07) is -0.858. The lowest BCUT2D eigenvalue weighted by atomic mass is 10.0. The summed E-state index contributed by atoms with van der Waals surface area (Å²) in [5, 5.41) is 13.9. The van der Waals surface area contributed by atoms with Gasteiger partial charge in [0, 0.05) is 6.42 Å². The number of nitrogens with one attached hydrogen (secondary N) is 1. The van der Waals surface area contributed by atoms with Crippen molar-refractivity contribution in [3.63, 3.8) is 0 Å². The van der Waals surface area contributed by atoms with Gasteiger partial charge in [0.15, 0.2) is 0 Å². The lowest BCUT2D eigenvalue weighted by Crippen LogP contribution is -2.46. The molecule has 0 saturated heterocycles. The molecule has 0 heterocycles. The van der Waals surface area contributed by atoms with E-state index in [9.17, 15) is 19.4 Å². The van der Waals surface area contributed by atoms with Gasteiger partial charge >= 0.3 is 0 Å². The summed E-state index contributed by atoms with van der Waals surface area (Å²) in [5.74, 6) is -0.291. The van der Waals surface area contributed by atoms with Gasteiger partial charge in [0.25, 0.3) is 7.82 Å². The number of hydrogen-bond acceptors (Lipinski definition) is 6. The molecule has 0 saturated carbocycles. The van der Waals surface area contributed by atoms with Gasteiger partial charge in [-0.25, -0.2) is 0 Å². The highest BCUT2D eigenvalue weighted by Gasteiger charge is 2.24. The summed E-state index contributed by atoms with van der Waals surface area (Å²) in [6.07, 6.45) is 58.5. The fraction of sp³-hybridized carbons (Fsp3) is 0.792. The van der Waals surface area contributed by atoms with Crippen LogP contribution in [0.2, 0.25) is 0 Å². The van der Waals surface area contributed by atoms with Gasteiger partial charge < -0.3 is 28.8 Å². The van der Waals surface area contributed by atoms with Crippen molar-refractivity contribution in [2.24, 2.45) is 0 Å². The Bertz CT molecular complexity index is 1190. The lowest BCUT2D eigenvalue weighted by Gasteiger charge is -2.30. The van der Waals surface area contributed by atoms with Crippen molar-refractivity contribution in [3.8, 4) is 0 Å². The zero-order chi connectivity index (χ0) is 45.7. The Morgan fingerprint density at radius 2 is 0.919 bits per heavy atom. The van der Waals surface area contributed by atoms with Crippen LogP contribution in [0.3, 0.4) is 0 Å². The number of unbranched alkanes of at least 4 members (excludes halogenated alkanes) is 24. The number of carbonyl (C=O) groups is 1. The molecule has 3 unspecified atom stereocenters. The number of hydrogen-bond donors (Lipinski definition) is 2. The molecular weight excluding hydrogens is 792 g/mol. The molecule has 62 heavy (non-hydrogen) atoms. The van der Waals surface area contributed by atoms with Crippen LogP contribution in [0.1, 0.15) is 219 Å². The highest BCUT2D eigenvalue weighted by molar-refractivity contribution is 7.45. The molecule has 1 amide bonds. The van der Waals surface area contributed by atoms with Crippen LogP contribution >= 0.6 is 7.82 Å². The lowest BCUT2D eigenvalue weighted by molar-refractivity contribution is -0.870. The molecule has 0 aliphatic rings. The van der Waals surface area contributed by atoms with Gasteiger partial charge in [-0.3, -0.25) is 9.36 Å². The summed E-state index contributed by atoms with van der Waals surface area (Å²) in [7, 11) is 1.24. The van der Waals surface area contributed by atoms with Crippen LogP contribution in [0, 0.1) is 0 Å². The number of rotatable bonds is 46. The molecule has 0 aromatic heterocycles. The van der Waals surface area contributed by atoms with Crippen molar-refractivity contribution in [2.45, 2.75) is 231 Å². The maximum atomic E-state index is 12.8. The molecule has 0 fully saturated rings. The minimum atomic E-state index is -4.60. The summed E-state index contributed by atoms with van der Waals surface area (Å²) in [6.45, 7) is 4.54. The predicted molar refractivity (Wildman–Crippen MR) is 265 cm³/mol. The third-order valence-corrected chi connectivity index (χ3v) is 12.3. The Labute approximate surface area is 383 Å². The van der Waals surface area contributed by atoms with Crippen LogP contribution in [-0.2, 0) is 18.4 Å². The number of allylic oxidation sites excluding steroid dienone is 9. The van der Waals surface area contributed by atoms with E-state index in [1.807, 2.05) is 27.2 Å². The van der Waals surface area contributed by atoms with E-state index >= 15 is 0 Å². The van der Waals surface area contributed by atoms with E-state index < -0.39 is 20.0 Å². The average Bonchev–Trinajstić information content (AvgIpc) is 3.23. The third kappa shape index (κ3) is 46.2.